The van der Waals surface area contributed by atoms with Gasteiger partial charge in [-0.3, -0.25) is 0 Å². The molecule has 1 N–H and O–H groups in total. The fourth-order valence-electron chi connectivity index (χ4n) is 1.94. The van der Waals surface area contributed by atoms with Crippen LogP contribution in [0.25, 0.3) is 0 Å². The molecule has 2 saturated heterocycles. The lowest BCUT2D eigenvalue weighted by Crippen LogP contribution is -2.22. The molecule has 0 amide bonds. The topological polar surface area (TPSA) is 12.0 Å². The van der Waals surface area contributed by atoms with E-state index < -0.39 is 0 Å². The summed E-state index contributed by atoms with van der Waals surface area (Å²) in [6.07, 6.45) is 5.82. The highest BCUT2D eigenvalue weighted by Gasteiger charge is 2.27. The molecular weight excluding hydrogens is 142 g/mol. The van der Waals surface area contributed by atoms with Gasteiger partial charge in [-0.2, -0.15) is 0 Å². The van der Waals surface area contributed by atoms with Crippen molar-refractivity contribution < 1.29 is 0 Å². The Labute approximate surface area is 67.0 Å². The molecule has 2 heterocycles. The molecule has 0 bridgehead atoms. The smallest absolute Gasteiger partial charge is 0.0561 e. The van der Waals surface area contributed by atoms with E-state index >= 15 is 0 Å². The van der Waals surface area contributed by atoms with Crippen LogP contribution in [-0.4, -0.2) is 17.7 Å². The lowest BCUT2D eigenvalue weighted by atomic mass is 10.0. The van der Waals surface area contributed by atoms with Crippen LogP contribution in [0.1, 0.15) is 25.7 Å². The predicted octanol–water partition coefficient (Wildman–Crippen LogP) is 1.84. The second-order valence-electron chi connectivity index (χ2n) is 3.29. The minimum atomic E-state index is 0.822. The van der Waals surface area contributed by atoms with E-state index in [1.165, 1.54) is 38.0 Å². The maximum Gasteiger partial charge on any atom is 0.0561 e. The van der Waals surface area contributed by atoms with Crippen molar-refractivity contribution in [2.75, 3.05) is 12.3 Å². The van der Waals surface area contributed by atoms with Gasteiger partial charge < -0.3 is 5.32 Å². The Bertz CT molecular complexity index is 104. The zero-order chi connectivity index (χ0) is 6.81. The van der Waals surface area contributed by atoms with E-state index in [2.05, 4.69) is 17.1 Å². The highest BCUT2D eigenvalue weighted by molar-refractivity contribution is 7.99. The highest BCUT2D eigenvalue weighted by atomic mass is 32.2. The standard InChI is InChI=1S/C8H15NS/c1-2-6-10-8-7(3-1)4-5-9-8/h7-9H,1-6H2. The maximum absolute atomic E-state index is 3.56. The number of fused-ring (bicyclic) bond motifs is 1. The van der Waals surface area contributed by atoms with E-state index in [-0.39, 0.29) is 0 Å². The normalized spacial score (nSPS) is 40.8. The Morgan fingerprint density at radius 3 is 3.20 bits per heavy atom. The van der Waals surface area contributed by atoms with Gasteiger partial charge in [0.05, 0.1) is 5.37 Å². The van der Waals surface area contributed by atoms with Crippen molar-refractivity contribution in [3.8, 4) is 0 Å². The maximum atomic E-state index is 3.56. The molecule has 2 aliphatic heterocycles. The van der Waals surface area contributed by atoms with Gasteiger partial charge in [-0.1, -0.05) is 6.42 Å². The highest BCUT2D eigenvalue weighted by Crippen LogP contribution is 2.32. The van der Waals surface area contributed by atoms with Gasteiger partial charge in [0, 0.05) is 0 Å². The fourth-order valence-corrected chi connectivity index (χ4v) is 3.34. The predicted molar refractivity (Wildman–Crippen MR) is 46.2 cm³/mol. The van der Waals surface area contributed by atoms with Crippen LogP contribution >= 0.6 is 11.8 Å². The quantitative estimate of drug-likeness (QED) is 0.576. The molecule has 0 radical (unpaired) electrons. The zero-order valence-electron chi connectivity index (χ0n) is 6.31. The third kappa shape index (κ3) is 1.32. The molecule has 10 heavy (non-hydrogen) atoms. The fraction of sp³-hybridized carbons (Fsp3) is 1.00. The molecule has 0 aromatic heterocycles. The molecule has 1 nitrogen and oxygen atoms in total. The minimum absolute atomic E-state index is 0.822. The van der Waals surface area contributed by atoms with Gasteiger partial charge in [0.25, 0.3) is 0 Å². The van der Waals surface area contributed by atoms with E-state index in [0.29, 0.717) is 0 Å². The van der Waals surface area contributed by atoms with E-state index in [9.17, 15) is 0 Å². The molecule has 0 aromatic rings. The molecule has 58 valence electrons. The van der Waals surface area contributed by atoms with Crippen molar-refractivity contribution in [2.24, 2.45) is 5.92 Å². The number of thioether (sulfide) groups is 1. The summed E-state index contributed by atoms with van der Waals surface area (Å²) in [5, 5.41) is 4.38. The molecule has 0 spiro atoms. The van der Waals surface area contributed by atoms with E-state index in [1.54, 1.807) is 0 Å². The molecule has 0 aliphatic carbocycles. The average Bonchev–Trinajstić information content (AvgIpc) is 2.28. The molecule has 2 aliphatic rings. The average molecular weight is 157 g/mol. The summed E-state index contributed by atoms with van der Waals surface area (Å²) in [6.45, 7) is 1.27. The van der Waals surface area contributed by atoms with E-state index in [4.69, 9.17) is 0 Å². The molecule has 2 fully saturated rings. The van der Waals surface area contributed by atoms with Crippen molar-refractivity contribution in [1.29, 1.82) is 0 Å². The SMILES string of the molecule is C1CCC2CCNC2SC1. The number of hydrogen-bond donors (Lipinski definition) is 1. The van der Waals surface area contributed by atoms with Crippen molar-refractivity contribution in [3.63, 3.8) is 0 Å². The van der Waals surface area contributed by atoms with Gasteiger partial charge >= 0.3 is 0 Å². The number of nitrogens with one attached hydrogen (secondary N) is 1. The van der Waals surface area contributed by atoms with Crippen molar-refractivity contribution in [2.45, 2.75) is 31.1 Å². The van der Waals surface area contributed by atoms with Crippen LogP contribution < -0.4 is 5.32 Å². The van der Waals surface area contributed by atoms with Gasteiger partial charge in [0.2, 0.25) is 0 Å². The van der Waals surface area contributed by atoms with Crippen LogP contribution in [0.15, 0.2) is 0 Å². The molecule has 2 heteroatoms. The van der Waals surface area contributed by atoms with Gasteiger partial charge in [0.15, 0.2) is 0 Å². The molecule has 2 unspecified atom stereocenters. The first kappa shape index (κ1) is 6.99. The third-order valence-electron chi connectivity index (χ3n) is 2.56. The summed E-state index contributed by atoms with van der Waals surface area (Å²) in [5.41, 5.74) is 0. The molecular formula is C8H15NS. The summed E-state index contributed by atoms with van der Waals surface area (Å²) in [4.78, 5) is 0. The number of rotatable bonds is 0. The summed E-state index contributed by atoms with van der Waals surface area (Å²) in [7, 11) is 0. The van der Waals surface area contributed by atoms with Crippen molar-refractivity contribution in [3.05, 3.63) is 0 Å². The van der Waals surface area contributed by atoms with Gasteiger partial charge in [-0.15, -0.1) is 11.8 Å². The second-order valence-corrected chi connectivity index (χ2v) is 4.54. The van der Waals surface area contributed by atoms with Gasteiger partial charge in [-0.25, -0.2) is 0 Å². The molecule has 0 saturated carbocycles. The summed E-state index contributed by atoms with van der Waals surface area (Å²) < 4.78 is 0. The summed E-state index contributed by atoms with van der Waals surface area (Å²) >= 11 is 2.14. The van der Waals surface area contributed by atoms with Gasteiger partial charge in [0.1, 0.15) is 0 Å². The Balaban J connectivity index is 1.95. The summed E-state index contributed by atoms with van der Waals surface area (Å²) in [6, 6.07) is 0. The Kier molecular flexibility index (Phi) is 2.19. The van der Waals surface area contributed by atoms with Crippen molar-refractivity contribution in [1.82, 2.24) is 5.32 Å². The van der Waals surface area contributed by atoms with Crippen LogP contribution in [0.4, 0.5) is 0 Å². The van der Waals surface area contributed by atoms with Crippen molar-refractivity contribution >= 4 is 11.8 Å². The van der Waals surface area contributed by atoms with Gasteiger partial charge in [-0.05, 0) is 37.5 Å². The Morgan fingerprint density at radius 1 is 1.20 bits per heavy atom. The first-order chi connectivity index (χ1) is 4.97. The lowest BCUT2D eigenvalue weighted by Gasteiger charge is -2.13. The zero-order valence-corrected chi connectivity index (χ0v) is 7.12. The molecule has 2 rings (SSSR count). The first-order valence-electron chi connectivity index (χ1n) is 4.32. The first-order valence-corrected chi connectivity index (χ1v) is 5.37. The monoisotopic (exact) mass is 157 g/mol. The van der Waals surface area contributed by atoms with Crippen LogP contribution in [0.5, 0.6) is 0 Å². The van der Waals surface area contributed by atoms with Crippen LogP contribution in [-0.2, 0) is 0 Å². The Morgan fingerprint density at radius 2 is 2.20 bits per heavy atom. The third-order valence-corrected chi connectivity index (χ3v) is 3.99. The lowest BCUT2D eigenvalue weighted by molar-refractivity contribution is 0.496. The van der Waals surface area contributed by atoms with Crippen LogP contribution in [0, 0.1) is 5.92 Å². The van der Waals surface area contributed by atoms with E-state index in [1.807, 2.05) is 0 Å². The molecule has 2 atom stereocenters. The van der Waals surface area contributed by atoms with E-state index in [0.717, 1.165) is 11.3 Å². The van der Waals surface area contributed by atoms with Crippen LogP contribution in [0.2, 0.25) is 0 Å². The largest absolute Gasteiger partial charge is 0.305 e. The molecule has 0 aromatic carbocycles. The second kappa shape index (κ2) is 3.14. The Hall–Kier alpha value is 0.310. The minimum Gasteiger partial charge on any atom is -0.305 e. The summed E-state index contributed by atoms with van der Waals surface area (Å²) in [5.74, 6) is 2.39. The van der Waals surface area contributed by atoms with Crippen LogP contribution in [0.3, 0.4) is 0 Å². The number of hydrogen-bond acceptors (Lipinski definition) is 2.